The molecule has 0 spiro atoms. The smallest absolute Gasteiger partial charge is 0.125 e. The van der Waals surface area contributed by atoms with Crippen LogP contribution in [0.15, 0.2) is 36.5 Å². The Morgan fingerprint density at radius 3 is 2.71 bits per heavy atom. The third-order valence-corrected chi connectivity index (χ3v) is 2.39. The van der Waals surface area contributed by atoms with E-state index in [9.17, 15) is 0 Å². The molecule has 1 N–H and O–H groups in total. The summed E-state index contributed by atoms with van der Waals surface area (Å²) < 4.78 is 0. The van der Waals surface area contributed by atoms with E-state index in [1.54, 1.807) is 6.20 Å². The van der Waals surface area contributed by atoms with Crippen molar-refractivity contribution in [2.45, 2.75) is 26.8 Å². The zero-order valence-corrected chi connectivity index (χ0v) is 10.4. The standard InChI is InChI=1S/C14H17N3/c1-10(2)16-13-6-4-5-12(9-13)14-7-8-15-11(3)17-14/h4-10,16H,1-3H3. The van der Waals surface area contributed by atoms with Crippen molar-refractivity contribution in [1.29, 1.82) is 0 Å². The molecule has 1 heterocycles. The largest absolute Gasteiger partial charge is 0.383 e. The van der Waals surface area contributed by atoms with Gasteiger partial charge >= 0.3 is 0 Å². The molecule has 3 heteroatoms. The second-order valence-electron chi connectivity index (χ2n) is 4.37. The predicted molar refractivity (Wildman–Crippen MR) is 71.0 cm³/mol. The van der Waals surface area contributed by atoms with Gasteiger partial charge in [0.15, 0.2) is 0 Å². The maximum atomic E-state index is 4.42. The molecule has 2 aromatic rings. The number of benzene rings is 1. The molecule has 1 aromatic carbocycles. The summed E-state index contributed by atoms with van der Waals surface area (Å²) in [5.41, 5.74) is 3.19. The molecular weight excluding hydrogens is 210 g/mol. The molecule has 0 aliphatic carbocycles. The van der Waals surface area contributed by atoms with Crippen LogP contribution in [0.5, 0.6) is 0 Å². The molecule has 3 nitrogen and oxygen atoms in total. The first-order valence-corrected chi connectivity index (χ1v) is 5.82. The Morgan fingerprint density at radius 2 is 2.00 bits per heavy atom. The van der Waals surface area contributed by atoms with E-state index in [1.807, 2.05) is 19.1 Å². The summed E-state index contributed by atoms with van der Waals surface area (Å²) in [5.74, 6) is 0.796. The van der Waals surface area contributed by atoms with Gasteiger partial charge in [-0.05, 0) is 39.0 Å². The van der Waals surface area contributed by atoms with E-state index < -0.39 is 0 Å². The van der Waals surface area contributed by atoms with E-state index >= 15 is 0 Å². The second-order valence-corrected chi connectivity index (χ2v) is 4.37. The molecule has 0 bridgehead atoms. The average Bonchev–Trinajstić information content (AvgIpc) is 2.28. The molecule has 0 saturated heterocycles. The van der Waals surface area contributed by atoms with Gasteiger partial charge in [-0.1, -0.05) is 12.1 Å². The van der Waals surface area contributed by atoms with Crippen molar-refractivity contribution < 1.29 is 0 Å². The first-order valence-electron chi connectivity index (χ1n) is 5.82. The molecular formula is C14H17N3. The van der Waals surface area contributed by atoms with Crippen molar-refractivity contribution >= 4 is 5.69 Å². The van der Waals surface area contributed by atoms with Crippen LogP contribution in [0.1, 0.15) is 19.7 Å². The topological polar surface area (TPSA) is 37.8 Å². The average molecular weight is 227 g/mol. The Kier molecular flexibility index (Phi) is 3.38. The van der Waals surface area contributed by atoms with Gasteiger partial charge in [0.1, 0.15) is 5.82 Å². The molecule has 17 heavy (non-hydrogen) atoms. The minimum Gasteiger partial charge on any atom is -0.383 e. The molecule has 88 valence electrons. The Bertz CT molecular complexity index is 506. The van der Waals surface area contributed by atoms with Crippen molar-refractivity contribution in [3.8, 4) is 11.3 Å². The molecule has 0 amide bonds. The third-order valence-electron chi connectivity index (χ3n) is 2.39. The summed E-state index contributed by atoms with van der Waals surface area (Å²) in [4.78, 5) is 8.53. The highest BCUT2D eigenvalue weighted by molar-refractivity contribution is 5.64. The van der Waals surface area contributed by atoms with E-state index in [1.165, 1.54) is 0 Å². The molecule has 2 rings (SSSR count). The van der Waals surface area contributed by atoms with Crippen molar-refractivity contribution in [3.63, 3.8) is 0 Å². The molecule has 0 fully saturated rings. The van der Waals surface area contributed by atoms with Gasteiger partial charge in [0, 0.05) is 23.5 Å². The SMILES string of the molecule is Cc1nccc(-c2cccc(NC(C)C)c2)n1. The summed E-state index contributed by atoms with van der Waals surface area (Å²) in [6.07, 6.45) is 1.79. The molecule has 0 aliphatic heterocycles. The molecule has 0 aliphatic rings. The highest BCUT2D eigenvalue weighted by Gasteiger charge is 2.02. The quantitative estimate of drug-likeness (QED) is 0.874. The summed E-state index contributed by atoms with van der Waals surface area (Å²) in [6, 6.07) is 10.6. The fourth-order valence-corrected chi connectivity index (χ4v) is 1.72. The van der Waals surface area contributed by atoms with Crippen LogP contribution in [0.4, 0.5) is 5.69 Å². The lowest BCUT2D eigenvalue weighted by molar-refractivity contribution is 0.900. The minimum absolute atomic E-state index is 0.428. The van der Waals surface area contributed by atoms with Crippen LogP contribution >= 0.6 is 0 Å². The van der Waals surface area contributed by atoms with Crippen molar-refractivity contribution in [1.82, 2.24) is 9.97 Å². The lowest BCUT2D eigenvalue weighted by Crippen LogP contribution is -2.09. The van der Waals surface area contributed by atoms with Crippen LogP contribution in [0, 0.1) is 6.92 Å². The maximum Gasteiger partial charge on any atom is 0.125 e. The molecule has 0 radical (unpaired) electrons. The van der Waals surface area contributed by atoms with Gasteiger partial charge in [0.25, 0.3) is 0 Å². The van der Waals surface area contributed by atoms with Crippen LogP contribution in [-0.2, 0) is 0 Å². The zero-order chi connectivity index (χ0) is 12.3. The first kappa shape index (κ1) is 11.6. The van der Waals surface area contributed by atoms with Crippen LogP contribution < -0.4 is 5.32 Å². The fraction of sp³-hybridized carbons (Fsp3) is 0.286. The van der Waals surface area contributed by atoms with Gasteiger partial charge < -0.3 is 5.32 Å². The molecule has 1 aromatic heterocycles. The first-order chi connectivity index (χ1) is 8.15. The lowest BCUT2D eigenvalue weighted by atomic mass is 10.1. The molecule has 0 atom stereocenters. The maximum absolute atomic E-state index is 4.42. The number of anilines is 1. The van der Waals surface area contributed by atoms with E-state index in [0.717, 1.165) is 22.8 Å². The Hall–Kier alpha value is -1.90. The fourth-order valence-electron chi connectivity index (χ4n) is 1.72. The number of rotatable bonds is 3. The number of nitrogens with one attached hydrogen (secondary N) is 1. The molecule has 0 saturated carbocycles. The third kappa shape index (κ3) is 3.03. The van der Waals surface area contributed by atoms with E-state index in [4.69, 9.17) is 0 Å². The molecule has 0 unspecified atom stereocenters. The van der Waals surface area contributed by atoms with Crippen LogP contribution in [0.25, 0.3) is 11.3 Å². The van der Waals surface area contributed by atoms with Gasteiger partial charge in [0.05, 0.1) is 5.69 Å². The summed E-state index contributed by atoms with van der Waals surface area (Å²) in [6.45, 7) is 6.16. The van der Waals surface area contributed by atoms with Crippen molar-refractivity contribution in [2.75, 3.05) is 5.32 Å². The van der Waals surface area contributed by atoms with Crippen LogP contribution in [-0.4, -0.2) is 16.0 Å². The second kappa shape index (κ2) is 4.95. The minimum atomic E-state index is 0.428. The number of aromatic nitrogens is 2. The zero-order valence-electron chi connectivity index (χ0n) is 10.4. The van der Waals surface area contributed by atoms with Gasteiger partial charge in [-0.2, -0.15) is 0 Å². The monoisotopic (exact) mass is 227 g/mol. The Labute approximate surface area is 102 Å². The summed E-state index contributed by atoms with van der Waals surface area (Å²) >= 11 is 0. The Balaban J connectivity index is 2.33. The van der Waals surface area contributed by atoms with Crippen LogP contribution in [0.3, 0.4) is 0 Å². The van der Waals surface area contributed by atoms with Crippen molar-refractivity contribution in [2.24, 2.45) is 0 Å². The van der Waals surface area contributed by atoms with Gasteiger partial charge in [-0.15, -0.1) is 0 Å². The number of aryl methyl sites for hydroxylation is 1. The van der Waals surface area contributed by atoms with Gasteiger partial charge in [0.2, 0.25) is 0 Å². The predicted octanol–water partition coefficient (Wildman–Crippen LogP) is 3.27. The van der Waals surface area contributed by atoms with Crippen LogP contribution in [0.2, 0.25) is 0 Å². The lowest BCUT2D eigenvalue weighted by Gasteiger charge is -2.11. The summed E-state index contributed by atoms with van der Waals surface area (Å²) in [7, 11) is 0. The highest BCUT2D eigenvalue weighted by Crippen LogP contribution is 2.20. The normalized spacial score (nSPS) is 10.6. The van der Waals surface area contributed by atoms with E-state index in [0.29, 0.717) is 6.04 Å². The van der Waals surface area contributed by atoms with Gasteiger partial charge in [-0.3, -0.25) is 0 Å². The van der Waals surface area contributed by atoms with Crippen molar-refractivity contribution in [3.05, 3.63) is 42.4 Å². The van der Waals surface area contributed by atoms with Gasteiger partial charge in [-0.25, -0.2) is 9.97 Å². The number of nitrogens with zero attached hydrogens (tertiary/aromatic N) is 2. The number of hydrogen-bond donors (Lipinski definition) is 1. The van der Waals surface area contributed by atoms with E-state index in [2.05, 4.69) is 47.3 Å². The summed E-state index contributed by atoms with van der Waals surface area (Å²) in [5, 5.41) is 3.39. The number of hydrogen-bond acceptors (Lipinski definition) is 3. The van der Waals surface area contributed by atoms with E-state index in [-0.39, 0.29) is 0 Å². The Morgan fingerprint density at radius 1 is 1.18 bits per heavy atom. The highest BCUT2D eigenvalue weighted by atomic mass is 14.9.